The predicted octanol–water partition coefficient (Wildman–Crippen LogP) is 1.30. The van der Waals surface area contributed by atoms with Crippen molar-refractivity contribution in [3.8, 4) is 0 Å². The molecule has 0 saturated carbocycles. The van der Waals surface area contributed by atoms with E-state index in [1.54, 1.807) is 10.7 Å². The second kappa shape index (κ2) is 2.60. The Morgan fingerprint density at radius 1 is 1.50 bits per heavy atom. The third-order valence-corrected chi connectivity index (χ3v) is 1.58. The van der Waals surface area contributed by atoms with Crippen molar-refractivity contribution in [3.05, 3.63) is 30.7 Å². The molecule has 0 aliphatic heterocycles. The van der Waals surface area contributed by atoms with Gasteiger partial charge in [-0.3, -0.25) is 0 Å². The number of hydrogen-bond donors (Lipinski definition) is 0. The van der Waals surface area contributed by atoms with Crippen LogP contribution in [0.4, 0.5) is 5.82 Å². The van der Waals surface area contributed by atoms with E-state index in [-0.39, 0.29) is 0 Å². The Morgan fingerprint density at radius 3 is 3.25 bits per heavy atom. The number of rotatable bonds is 1. The smallest absolute Gasteiger partial charge is 0.242 e. The Labute approximate surface area is 68.2 Å². The molecule has 4 nitrogen and oxygen atoms in total. The number of carbonyl (C=O) groups excluding carboxylic acids is 1. The van der Waals surface area contributed by atoms with Gasteiger partial charge in [0.1, 0.15) is 6.33 Å². The fourth-order valence-corrected chi connectivity index (χ4v) is 1.06. The molecule has 0 fully saturated rings. The lowest BCUT2D eigenvalue weighted by atomic mass is 10.4. The van der Waals surface area contributed by atoms with Crippen molar-refractivity contribution < 1.29 is 4.79 Å². The molecule has 0 spiro atoms. The van der Waals surface area contributed by atoms with Gasteiger partial charge in [0.05, 0.1) is 5.52 Å². The van der Waals surface area contributed by atoms with Crippen LogP contribution in [0.15, 0.2) is 35.7 Å². The topological polar surface area (TPSA) is 46.7 Å². The fourth-order valence-electron chi connectivity index (χ4n) is 1.06. The van der Waals surface area contributed by atoms with Gasteiger partial charge in [0.2, 0.25) is 6.08 Å². The minimum Gasteiger partial charge on any atom is -0.304 e. The van der Waals surface area contributed by atoms with Crippen LogP contribution in [0, 0.1) is 0 Å². The number of fused-ring (bicyclic) bond motifs is 1. The molecular formula is C8H5N3O. The van der Waals surface area contributed by atoms with Crippen LogP contribution in [-0.4, -0.2) is 15.5 Å². The van der Waals surface area contributed by atoms with Gasteiger partial charge in [-0.15, -0.1) is 4.99 Å². The summed E-state index contributed by atoms with van der Waals surface area (Å²) in [7, 11) is 0. The highest BCUT2D eigenvalue weighted by Gasteiger charge is 1.99. The summed E-state index contributed by atoms with van der Waals surface area (Å²) >= 11 is 0. The van der Waals surface area contributed by atoms with E-state index in [0.29, 0.717) is 5.82 Å². The van der Waals surface area contributed by atoms with Crippen molar-refractivity contribution in [1.29, 1.82) is 0 Å². The standard InChI is InChI=1S/C8H5N3O/c12-6-10-8-7-3-1-2-4-11(7)5-9-8/h1-5H. The summed E-state index contributed by atoms with van der Waals surface area (Å²) in [5.74, 6) is 0.408. The van der Waals surface area contributed by atoms with E-state index in [9.17, 15) is 4.79 Å². The van der Waals surface area contributed by atoms with Crippen molar-refractivity contribution in [3.63, 3.8) is 0 Å². The van der Waals surface area contributed by atoms with Gasteiger partial charge in [-0.05, 0) is 12.1 Å². The quantitative estimate of drug-likeness (QED) is 0.465. The predicted molar refractivity (Wildman–Crippen MR) is 43.0 cm³/mol. The highest BCUT2D eigenvalue weighted by Crippen LogP contribution is 2.16. The molecular weight excluding hydrogens is 154 g/mol. The third kappa shape index (κ3) is 0.909. The van der Waals surface area contributed by atoms with Crippen molar-refractivity contribution in [2.75, 3.05) is 0 Å². The van der Waals surface area contributed by atoms with Crippen LogP contribution >= 0.6 is 0 Å². The van der Waals surface area contributed by atoms with Crippen LogP contribution < -0.4 is 0 Å². The summed E-state index contributed by atoms with van der Waals surface area (Å²) < 4.78 is 1.79. The Morgan fingerprint density at radius 2 is 2.42 bits per heavy atom. The van der Waals surface area contributed by atoms with Crippen LogP contribution in [-0.2, 0) is 4.79 Å². The molecule has 0 aromatic carbocycles. The van der Waals surface area contributed by atoms with E-state index < -0.39 is 0 Å². The van der Waals surface area contributed by atoms with Gasteiger partial charge in [0, 0.05) is 6.20 Å². The Balaban J connectivity index is 2.78. The first-order chi connectivity index (χ1) is 5.92. The number of imidazole rings is 1. The van der Waals surface area contributed by atoms with Gasteiger partial charge < -0.3 is 4.40 Å². The first-order valence-electron chi connectivity index (χ1n) is 3.41. The van der Waals surface area contributed by atoms with E-state index in [4.69, 9.17) is 0 Å². The fraction of sp³-hybridized carbons (Fsp3) is 0. The second-order valence-corrected chi connectivity index (χ2v) is 2.26. The molecule has 0 aliphatic carbocycles. The van der Waals surface area contributed by atoms with E-state index in [0.717, 1.165) is 5.52 Å². The zero-order valence-electron chi connectivity index (χ0n) is 6.14. The monoisotopic (exact) mass is 159 g/mol. The Bertz CT molecular complexity index is 454. The minimum atomic E-state index is 0.408. The van der Waals surface area contributed by atoms with Gasteiger partial charge >= 0.3 is 0 Å². The lowest BCUT2D eigenvalue weighted by Crippen LogP contribution is -1.76. The lowest BCUT2D eigenvalue weighted by molar-refractivity contribution is 0.565. The largest absolute Gasteiger partial charge is 0.304 e. The van der Waals surface area contributed by atoms with Crippen LogP contribution in [0.25, 0.3) is 5.52 Å². The van der Waals surface area contributed by atoms with Gasteiger partial charge in [0.15, 0.2) is 5.82 Å². The van der Waals surface area contributed by atoms with Crippen molar-refractivity contribution in [2.24, 2.45) is 4.99 Å². The molecule has 0 N–H and O–H groups in total. The molecule has 0 atom stereocenters. The molecule has 2 heterocycles. The molecule has 2 aromatic heterocycles. The number of hydrogen-bond acceptors (Lipinski definition) is 3. The van der Waals surface area contributed by atoms with Gasteiger partial charge in [0.25, 0.3) is 0 Å². The van der Waals surface area contributed by atoms with Crippen LogP contribution in [0.5, 0.6) is 0 Å². The number of nitrogens with zero attached hydrogens (tertiary/aromatic N) is 3. The average molecular weight is 159 g/mol. The maximum Gasteiger partial charge on any atom is 0.242 e. The highest BCUT2D eigenvalue weighted by atomic mass is 16.1. The molecule has 58 valence electrons. The third-order valence-electron chi connectivity index (χ3n) is 1.58. The van der Waals surface area contributed by atoms with Crippen LogP contribution in [0.3, 0.4) is 0 Å². The van der Waals surface area contributed by atoms with Crippen molar-refractivity contribution in [2.45, 2.75) is 0 Å². The lowest BCUT2D eigenvalue weighted by Gasteiger charge is -1.89. The number of aromatic nitrogens is 2. The van der Waals surface area contributed by atoms with E-state index in [1.807, 2.05) is 24.4 Å². The molecule has 2 rings (SSSR count). The zero-order chi connectivity index (χ0) is 8.39. The first kappa shape index (κ1) is 6.76. The van der Waals surface area contributed by atoms with Crippen LogP contribution in [0.1, 0.15) is 0 Å². The van der Waals surface area contributed by atoms with Crippen molar-refractivity contribution in [1.82, 2.24) is 9.38 Å². The second-order valence-electron chi connectivity index (χ2n) is 2.26. The van der Waals surface area contributed by atoms with Crippen molar-refractivity contribution >= 4 is 17.4 Å². The molecule has 0 unspecified atom stereocenters. The number of pyridine rings is 1. The molecule has 0 saturated heterocycles. The summed E-state index contributed by atoms with van der Waals surface area (Å²) in [4.78, 5) is 17.4. The molecule has 12 heavy (non-hydrogen) atoms. The zero-order valence-corrected chi connectivity index (χ0v) is 6.14. The summed E-state index contributed by atoms with van der Waals surface area (Å²) in [6.07, 6.45) is 4.90. The van der Waals surface area contributed by atoms with E-state index >= 15 is 0 Å². The van der Waals surface area contributed by atoms with Crippen LogP contribution in [0.2, 0.25) is 0 Å². The molecule has 0 bridgehead atoms. The van der Waals surface area contributed by atoms with E-state index in [2.05, 4.69) is 9.98 Å². The Kier molecular flexibility index (Phi) is 1.47. The summed E-state index contributed by atoms with van der Waals surface area (Å²) in [5.41, 5.74) is 0.806. The maximum absolute atomic E-state index is 9.97. The molecule has 0 amide bonds. The molecule has 2 aromatic rings. The first-order valence-corrected chi connectivity index (χ1v) is 3.41. The number of isocyanates is 1. The normalized spacial score (nSPS) is 9.67. The summed E-state index contributed by atoms with van der Waals surface area (Å²) in [6, 6.07) is 5.58. The minimum absolute atomic E-state index is 0.408. The average Bonchev–Trinajstić information content (AvgIpc) is 2.50. The molecule has 0 aliphatic rings. The molecule has 0 radical (unpaired) electrons. The maximum atomic E-state index is 9.97. The summed E-state index contributed by atoms with van der Waals surface area (Å²) in [5, 5.41) is 0. The number of aliphatic imine (C=N–C) groups is 1. The van der Waals surface area contributed by atoms with Gasteiger partial charge in [-0.2, -0.15) is 0 Å². The highest BCUT2D eigenvalue weighted by molar-refractivity contribution is 5.67. The SMILES string of the molecule is O=C=Nc1ncn2ccccc12. The van der Waals surface area contributed by atoms with Gasteiger partial charge in [-0.25, -0.2) is 9.78 Å². The van der Waals surface area contributed by atoms with Gasteiger partial charge in [-0.1, -0.05) is 6.07 Å². The summed E-state index contributed by atoms with van der Waals surface area (Å²) in [6.45, 7) is 0. The Hall–Kier alpha value is -1.93. The van der Waals surface area contributed by atoms with E-state index in [1.165, 1.54) is 6.08 Å². The molecule has 4 heteroatoms.